The van der Waals surface area contributed by atoms with Gasteiger partial charge < -0.3 is 4.90 Å². The number of nitrogens with one attached hydrogen (secondary N) is 1. The monoisotopic (exact) mass is 341 g/mol. The molecule has 0 saturated carbocycles. The lowest BCUT2D eigenvalue weighted by molar-refractivity contribution is -0.145. The quantitative estimate of drug-likeness (QED) is 0.510. The van der Waals surface area contributed by atoms with Gasteiger partial charge in [-0.15, -0.1) is 0 Å². The first-order valence-electron chi connectivity index (χ1n) is 7.15. The SMILES string of the molecule is O=C(N/N=C\c1ccc(Cl)c(Cl)c1)C(=O)N1CCCCCC1. The molecule has 7 heteroatoms. The van der Waals surface area contributed by atoms with Crippen LogP contribution in [0, 0.1) is 0 Å². The highest BCUT2D eigenvalue weighted by Crippen LogP contribution is 2.21. The zero-order valence-electron chi connectivity index (χ0n) is 12.0. The molecule has 1 aliphatic rings. The van der Waals surface area contributed by atoms with Gasteiger partial charge in [0.05, 0.1) is 16.3 Å². The normalized spacial score (nSPS) is 15.6. The lowest BCUT2D eigenvalue weighted by Crippen LogP contribution is -2.41. The van der Waals surface area contributed by atoms with E-state index in [9.17, 15) is 9.59 Å². The van der Waals surface area contributed by atoms with Crippen molar-refractivity contribution in [1.82, 2.24) is 10.3 Å². The number of hydrazone groups is 1. The van der Waals surface area contributed by atoms with Crippen LogP contribution in [0.25, 0.3) is 0 Å². The van der Waals surface area contributed by atoms with Gasteiger partial charge in [0.1, 0.15) is 0 Å². The summed E-state index contributed by atoms with van der Waals surface area (Å²) in [6.07, 6.45) is 5.48. The molecule has 1 aliphatic heterocycles. The molecule has 1 aromatic carbocycles. The first kappa shape index (κ1) is 16.8. The number of carbonyl (C=O) groups excluding carboxylic acids is 2. The van der Waals surface area contributed by atoms with Crippen molar-refractivity contribution in [3.05, 3.63) is 33.8 Å². The summed E-state index contributed by atoms with van der Waals surface area (Å²) >= 11 is 11.7. The smallest absolute Gasteiger partial charge is 0.329 e. The third-order valence-corrected chi connectivity index (χ3v) is 4.15. The van der Waals surface area contributed by atoms with Crippen molar-refractivity contribution in [3.63, 3.8) is 0 Å². The molecule has 1 heterocycles. The van der Waals surface area contributed by atoms with Crippen LogP contribution in [-0.4, -0.2) is 36.0 Å². The van der Waals surface area contributed by atoms with E-state index in [1.807, 2.05) is 0 Å². The maximum Gasteiger partial charge on any atom is 0.329 e. The van der Waals surface area contributed by atoms with E-state index in [0.29, 0.717) is 28.7 Å². The van der Waals surface area contributed by atoms with E-state index in [0.717, 1.165) is 25.7 Å². The van der Waals surface area contributed by atoms with Crippen molar-refractivity contribution in [1.29, 1.82) is 0 Å². The maximum absolute atomic E-state index is 12.0. The molecule has 0 spiro atoms. The Labute approximate surface area is 139 Å². The second-order valence-corrected chi connectivity index (χ2v) is 5.89. The number of nitrogens with zero attached hydrogens (tertiary/aromatic N) is 2. The zero-order chi connectivity index (χ0) is 15.9. The number of halogens is 2. The Bertz CT molecular complexity index is 582. The summed E-state index contributed by atoms with van der Waals surface area (Å²) in [5.74, 6) is -1.26. The first-order chi connectivity index (χ1) is 10.6. The molecule has 1 fully saturated rings. The Morgan fingerprint density at radius 1 is 1.09 bits per heavy atom. The van der Waals surface area contributed by atoms with Crippen LogP contribution in [0.3, 0.4) is 0 Å². The van der Waals surface area contributed by atoms with Gasteiger partial charge in [0.15, 0.2) is 0 Å². The lowest BCUT2D eigenvalue weighted by Gasteiger charge is -2.18. The highest BCUT2D eigenvalue weighted by atomic mass is 35.5. The molecule has 1 saturated heterocycles. The van der Waals surface area contributed by atoms with Gasteiger partial charge in [-0.1, -0.05) is 42.1 Å². The van der Waals surface area contributed by atoms with Crippen molar-refractivity contribution in [3.8, 4) is 0 Å². The summed E-state index contributed by atoms with van der Waals surface area (Å²) in [7, 11) is 0. The third kappa shape index (κ3) is 4.71. The molecule has 0 radical (unpaired) electrons. The molecule has 5 nitrogen and oxygen atoms in total. The molecular formula is C15H17Cl2N3O2. The average Bonchev–Trinajstić information content (AvgIpc) is 2.79. The van der Waals surface area contributed by atoms with E-state index in [4.69, 9.17) is 23.2 Å². The van der Waals surface area contributed by atoms with E-state index in [2.05, 4.69) is 10.5 Å². The maximum atomic E-state index is 12.0. The fourth-order valence-electron chi connectivity index (χ4n) is 2.22. The zero-order valence-corrected chi connectivity index (χ0v) is 13.5. The summed E-state index contributed by atoms with van der Waals surface area (Å²) in [6, 6.07) is 4.96. The van der Waals surface area contributed by atoms with Crippen LogP contribution in [0.2, 0.25) is 10.0 Å². The highest BCUT2D eigenvalue weighted by molar-refractivity contribution is 6.42. The van der Waals surface area contributed by atoms with Crippen molar-refractivity contribution in [2.75, 3.05) is 13.1 Å². The minimum atomic E-state index is -0.724. The van der Waals surface area contributed by atoms with Crippen LogP contribution in [0.15, 0.2) is 23.3 Å². The van der Waals surface area contributed by atoms with Gasteiger partial charge in [0.25, 0.3) is 0 Å². The number of hydrogen-bond donors (Lipinski definition) is 1. The molecule has 0 unspecified atom stereocenters. The fourth-order valence-corrected chi connectivity index (χ4v) is 2.53. The minimum Gasteiger partial charge on any atom is -0.334 e. The Morgan fingerprint density at radius 3 is 2.41 bits per heavy atom. The second kappa shape index (κ2) is 8.15. The molecule has 1 aromatic rings. The molecule has 118 valence electrons. The van der Waals surface area contributed by atoms with E-state index >= 15 is 0 Å². The summed E-state index contributed by atoms with van der Waals surface area (Å²) in [4.78, 5) is 25.4. The van der Waals surface area contributed by atoms with E-state index in [1.54, 1.807) is 23.1 Å². The number of benzene rings is 1. The van der Waals surface area contributed by atoms with Gasteiger partial charge in [0.2, 0.25) is 0 Å². The topological polar surface area (TPSA) is 61.8 Å². The fraction of sp³-hybridized carbons (Fsp3) is 0.400. The van der Waals surface area contributed by atoms with Crippen molar-refractivity contribution in [2.45, 2.75) is 25.7 Å². The Hall–Kier alpha value is -1.59. The summed E-state index contributed by atoms with van der Waals surface area (Å²) in [5, 5.41) is 4.62. The van der Waals surface area contributed by atoms with Crippen molar-refractivity contribution < 1.29 is 9.59 Å². The number of likely N-dealkylation sites (tertiary alicyclic amines) is 1. The average molecular weight is 342 g/mol. The molecular weight excluding hydrogens is 325 g/mol. The summed E-state index contributed by atoms with van der Waals surface area (Å²) in [5.41, 5.74) is 2.92. The van der Waals surface area contributed by atoms with Gasteiger partial charge >= 0.3 is 11.8 Å². The highest BCUT2D eigenvalue weighted by Gasteiger charge is 2.22. The molecule has 0 atom stereocenters. The Kier molecular flexibility index (Phi) is 6.21. The van der Waals surface area contributed by atoms with Crippen LogP contribution in [0.1, 0.15) is 31.2 Å². The first-order valence-corrected chi connectivity index (χ1v) is 7.91. The van der Waals surface area contributed by atoms with Crippen molar-refractivity contribution >= 4 is 41.2 Å². The van der Waals surface area contributed by atoms with Crippen molar-refractivity contribution in [2.24, 2.45) is 5.10 Å². The minimum absolute atomic E-state index is 0.401. The molecule has 22 heavy (non-hydrogen) atoms. The van der Waals surface area contributed by atoms with E-state index in [1.165, 1.54) is 6.21 Å². The number of carbonyl (C=O) groups is 2. The van der Waals surface area contributed by atoms with Crippen LogP contribution in [0.5, 0.6) is 0 Å². The van der Waals surface area contributed by atoms with Crippen LogP contribution in [0.4, 0.5) is 0 Å². The van der Waals surface area contributed by atoms with Gasteiger partial charge in [-0.05, 0) is 30.5 Å². The number of rotatable bonds is 2. The Morgan fingerprint density at radius 2 is 1.77 bits per heavy atom. The largest absolute Gasteiger partial charge is 0.334 e. The van der Waals surface area contributed by atoms with E-state index in [-0.39, 0.29) is 0 Å². The van der Waals surface area contributed by atoms with Crippen LogP contribution >= 0.6 is 23.2 Å². The standard InChI is InChI=1S/C15H17Cl2N3O2/c16-12-6-5-11(9-13(12)17)10-18-19-14(21)15(22)20-7-3-1-2-4-8-20/h5-6,9-10H,1-4,7-8H2,(H,19,21)/b18-10-. The lowest BCUT2D eigenvalue weighted by atomic mass is 10.2. The number of amides is 2. The summed E-state index contributed by atoms with van der Waals surface area (Å²) in [6.45, 7) is 1.26. The van der Waals surface area contributed by atoms with Gasteiger partial charge in [-0.3, -0.25) is 9.59 Å². The molecule has 0 bridgehead atoms. The predicted molar refractivity (Wildman–Crippen MR) is 87.2 cm³/mol. The molecule has 0 aliphatic carbocycles. The predicted octanol–water partition coefficient (Wildman–Crippen LogP) is 2.85. The third-order valence-electron chi connectivity index (χ3n) is 3.41. The van der Waals surface area contributed by atoms with Crippen LogP contribution < -0.4 is 5.43 Å². The van der Waals surface area contributed by atoms with Gasteiger partial charge in [-0.2, -0.15) is 5.10 Å². The van der Waals surface area contributed by atoms with E-state index < -0.39 is 11.8 Å². The molecule has 2 rings (SSSR count). The van der Waals surface area contributed by atoms with Gasteiger partial charge in [-0.25, -0.2) is 5.43 Å². The van der Waals surface area contributed by atoms with Crippen LogP contribution in [-0.2, 0) is 9.59 Å². The second-order valence-electron chi connectivity index (χ2n) is 5.08. The molecule has 0 aromatic heterocycles. The molecule has 1 N–H and O–H groups in total. The number of hydrogen-bond acceptors (Lipinski definition) is 3. The van der Waals surface area contributed by atoms with Gasteiger partial charge in [0, 0.05) is 13.1 Å². The summed E-state index contributed by atoms with van der Waals surface area (Å²) < 4.78 is 0. The Balaban J connectivity index is 1.89. The molecule has 2 amide bonds.